The van der Waals surface area contributed by atoms with E-state index in [0.717, 1.165) is 21.2 Å². The first-order valence-electron chi connectivity index (χ1n) is 10.6. The van der Waals surface area contributed by atoms with Crippen LogP contribution in [-0.2, 0) is 11.4 Å². The quantitative estimate of drug-likeness (QED) is 0.242. The number of carbonyl (C=O) groups is 1. The van der Waals surface area contributed by atoms with Crippen LogP contribution in [0.15, 0.2) is 64.6 Å². The Bertz CT molecular complexity index is 1260. The van der Waals surface area contributed by atoms with Gasteiger partial charge in [0.1, 0.15) is 18.2 Å². The summed E-state index contributed by atoms with van der Waals surface area (Å²) in [6.07, 6.45) is 1.48. The molecule has 0 saturated carbocycles. The Kier molecular flexibility index (Phi) is 8.75. The number of ether oxygens (including phenoxy) is 2. The SMILES string of the molecule is CCOc1cc(/C=C(\C#N)C(=O)Nc2ccc(C)cc2C)cc(Cl)c1OCc1ccc(Br)cc1. The number of amides is 1. The summed E-state index contributed by atoms with van der Waals surface area (Å²) in [4.78, 5) is 12.7. The maximum absolute atomic E-state index is 12.7. The number of benzene rings is 3. The van der Waals surface area contributed by atoms with Gasteiger partial charge in [-0.25, -0.2) is 0 Å². The van der Waals surface area contributed by atoms with E-state index in [1.54, 1.807) is 12.1 Å². The summed E-state index contributed by atoms with van der Waals surface area (Å²) in [6, 6.07) is 18.8. The van der Waals surface area contributed by atoms with Gasteiger partial charge in [-0.1, -0.05) is 57.4 Å². The van der Waals surface area contributed by atoms with Crippen LogP contribution in [0, 0.1) is 25.2 Å². The lowest BCUT2D eigenvalue weighted by atomic mass is 10.1. The molecule has 0 spiro atoms. The number of aryl methyl sites for hydroxylation is 2. The fourth-order valence-electron chi connectivity index (χ4n) is 3.27. The number of nitrogens with zero attached hydrogens (tertiary/aromatic N) is 1. The summed E-state index contributed by atoms with van der Waals surface area (Å²) in [6.45, 7) is 6.44. The van der Waals surface area contributed by atoms with E-state index in [9.17, 15) is 10.1 Å². The summed E-state index contributed by atoms with van der Waals surface area (Å²) in [5.74, 6) is 0.339. The molecule has 0 bridgehead atoms. The first-order chi connectivity index (χ1) is 16.3. The van der Waals surface area contributed by atoms with Crippen LogP contribution >= 0.6 is 27.5 Å². The van der Waals surface area contributed by atoms with E-state index in [4.69, 9.17) is 21.1 Å². The molecule has 3 rings (SSSR count). The molecule has 7 heteroatoms. The van der Waals surface area contributed by atoms with Gasteiger partial charge in [-0.3, -0.25) is 4.79 Å². The normalized spacial score (nSPS) is 11.0. The molecule has 0 aliphatic carbocycles. The summed E-state index contributed by atoms with van der Waals surface area (Å²) in [5, 5.41) is 12.7. The molecule has 0 fully saturated rings. The molecule has 0 aromatic heterocycles. The van der Waals surface area contributed by atoms with E-state index in [-0.39, 0.29) is 5.57 Å². The second kappa shape index (κ2) is 11.7. The van der Waals surface area contributed by atoms with Gasteiger partial charge in [0.25, 0.3) is 5.91 Å². The van der Waals surface area contributed by atoms with Gasteiger partial charge < -0.3 is 14.8 Å². The first kappa shape index (κ1) is 25.4. The van der Waals surface area contributed by atoms with Crippen molar-refractivity contribution in [2.75, 3.05) is 11.9 Å². The van der Waals surface area contributed by atoms with Crippen molar-refractivity contribution in [1.82, 2.24) is 0 Å². The number of rotatable bonds is 8. The maximum atomic E-state index is 12.7. The van der Waals surface area contributed by atoms with Crippen molar-refractivity contribution >= 4 is 45.2 Å². The van der Waals surface area contributed by atoms with Gasteiger partial charge in [0.15, 0.2) is 11.5 Å². The fraction of sp³-hybridized carbons (Fsp3) is 0.185. The number of hydrogen-bond acceptors (Lipinski definition) is 4. The zero-order valence-electron chi connectivity index (χ0n) is 19.1. The highest BCUT2D eigenvalue weighted by Crippen LogP contribution is 2.38. The van der Waals surface area contributed by atoms with E-state index in [1.165, 1.54) is 6.08 Å². The van der Waals surface area contributed by atoms with Gasteiger partial charge in [0.05, 0.1) is 11.6 Å². The summed E-state index contributed by atoms with van der Waals surface area (Å²) < 4.78 is 12.7. The van der Waals surface area contributed by atoms with Gasteiger partial charge in [0, 0.05) is 10.2 Å². The minimum absolute atomic E-state index is 0.0537. The molecule has 0 aliphatic rings. The van der Waals surface area contributed by atoms with Gasteiger partial charge in [-0.05, 0) is 73.9 Å². The second-order valence-electron chi connectivity index (χ2n) is 7.62. The van der Waals surface area contributed by atoms with Crippen LogP contribution in [0.1, 0.15) is 29.2 Å². The number of halogens is 2. The standard InChI is InChI=1S/C27H24BrClN2O3/c1-4-33-25-14-20(13-23(29)26(25)34-16-19-6-8-22(28)9-7-19)12-21(15-30)27(32)31-24-10-5-17(2)11-18(24)3/h5-14H,4,16H2,1-3H3,(H,31,32)/b21-12+. The van der Waals surface area contributed by atoms with Crippen molar-refractivity contribution in [2.24, 2.45) is 0 Å². The Hall–Kier alpha value is -3.27. The molecule has 34 heavy (non-hydrogen) atoms. The lowest BCUT2D eigenvalue weighted by molar-refractivity contribution is -0.112. The van der Waals surface area contributed by atoms with E-state index in [0.29, 0.717) is 41.0 Å². The fourth-order valence-corrected chi connectivity index (χ4v) is 3.81. The maximum Gasteiger partial charge on any atom is 0.266 e. The minimum atomic E-state index is -0.501. The number of carbonyl (C=O) groups excluding carboxylic acids is 1. The molecule has 0 heterocycles. The lowest BCUT2D eigenvalue weighted by Gasteiger charge is -2.15. The Balaban J connectivity index is 1.85. The van der Waals surface area contributed by atoms with Gasteiger partial charge >= 0.3 is 0 Å². The zero-order chi connectivity index (χ0) is 24.7. The zero-order valence-corrected chi connectivity index (χ0v) is 21.5. The molecule has 1 N–H and O–H groups in total. The smallest absolute Gasteiger partial charge is 0.266 e. The van der Waals surface area contributed by atoms with Crippen LogP contribution in [-0.4, -0.2) is 12.5 Å². The Labute approximate surface area is 213 Å². The molecule has 1 amide bonds. The molecular formula is C27H24BrClN2O3. The Morgan fingerprint density at radius 2 is 1.85 bits per heavy atom. The minimum Gasteiger partial charge on any atom is -0.490 e. The Morgan fingerprint density at radius 3 is 2.50 bits per heavy atom. The second-order valence-corrected chi connectivity index (χ2v) is 8.94. The van der Waals surface area contributed by atoms with Crippen molar-refractivity contribution < 1.29 is 14.3 Å². The van der Waals surface area contributed by atoms with Gasteiger partial charge in [-0.15, -0.1) is 0 Å². The molecule has 0 radical (unpaired) electrons. The van der Waals surface area contributed by atoms with Gasteiger partial charge in [-0.2, -0.15) is 5.26 Å². The third-order valence-electron chi connectivity index (χ3n) is 4.93. The van der Waals surface area contributed by atoms with Gasteiger partial charge in [0.2, 0.25) is 0 Å². The number of hydrogen-bond donors (Lipinski definition) is 1. The molecule has 0 saturated heterocycles. The highest BCUT2D eigenvalue weighted by molar-refractivity contribution is 9.10. The van der Waals surface area contributed by atoms with Crippen molar-refractivity contribution in [3.05, 3.63) is 91.9 Å². The van der Waals surface area contributed by atoms with Crippen molar-refractivity contribution in [3.8, 4) is 17.6 Å². The topological polar surface area (TPSA) is 71.3 Å². The third-order valence-corrected chi connectivity index (χ3v) is 5.74. The highest BCUT2D eigenvalue weighted by Gasteiger charge is 2.15. The van der Waals surface area contributed by atoms with Crippen LogP contribution in [0.5, 0.6) is 11.5 Å². The summed E-state index contributed by atoms with van der Waals surface area (Å²) in [5.41, 5.74) is 4.13. The summed E-state index contributed by atoms with van der Waals surface area (Å²) in [7, 11) is 0. The predicted molar refractivity (Wildman–Crippen MR) is 139 cm³/mol. The molecular weight excluding hydrogens is 516 g/mol. The van der Waals surface area contributed by atoms with E-state index >= 15 is 0 Å². The van der Waals surface area contributed by atoms with E-state index in [2.05, 4.69) is 21.2 Å². The molecule has 3 aromatic carbocycles. The largest absolute Gasteiger partial charge is 0.490 e. The number of nitrogens with one attached hydrogen (secondary N) is 1. The average molecular weight is 540 g/mol. The van der Waals surface area contributed by atoms with Crippen molar-refractivity contribution in [2.45, 2.75) is 27.4 Å². The number of anilines is 1. The van der Waals surface area contributed by atoms with Crippen molar-refractivity contribution in [3.63, 3.8) is 0 Å². The molecule has 174 valence electrons. The van der Waals surface area contributed by atoms with Crippen LogP contribution in [0.4, 0.5) is 5.69 Å². The third kappa shape index (κ3) is 6.63. The monoisotopic (exact) mass is 538 g/mol. The molecule has 0 atom stereocenters. The molecule has 0 aliphatic heterocycles. The van der Waals surface area contributed by atoms with Crippen LogP contribution in [0.2, 0.25) is 5.02 Å². The van der Waals surface area contributed by atoms with Crippen LogP contribution < -0.4 is 14.8 Å². The Morgan fingerprint density at radius 1 is 1.12 bits per heavy atom. The van der Waals surface area contributed by atoms with Crippen LogP contribution in [0.3, 0.4) is 0 Å². The van der Waals surface area contributed by atoms with Crippen molar-refractivity contribution in [1.29, 1.82) is 5.26 Å². The van der Waals surface area contributed by atoms with E-state index in [1.807, 2.05) is 69.3 Å². The summed E-state index contributed by atoms with van der Waals surface area (Å²) >= 11 is 9.92. The number of nitriles is 1. The molecule has 0 unspecified atom stereocenters. The lowest BCUT2D eigenvalue weighted by Crippen LogP contribution is -2.14. The van der Waals surface area contributed by atoms with Crippen LogP contribution in [0.25, 0.3) is 6.08 Å². The molecule has 5 nitrogen and oxygen atoms in total. The first-order valence-corrected chi connectivity index (χ1v) is 11.8. The molecule has 3 aromatic rings. The predicted octanol–water partition coefficient (Wildman–Crippen LogP) is 7.24. The highest BCUT2D eigenvalue weighted by atomic mass is 79.9. The average Bonchev–Trinajstić information content (AvgIpc) is 2.80. The van der Waals surface area contributed by atoms with E-state index < -0.39 is 5.91 Å².